The van der Waals surface area contributed by atoms with Crippen molar-refractivity contribution in [2.75, 3.05) is 44.3 Å². The van der Waals surface area contributed by atoms with Crippen molar-refractivity contribution in [1.82, 2.24) is 10.2 Å². The standard InChI is InChI=1S/C30H32ClN3O3/c31-25-11-9-23(10-12-25)27-20-28(27)30(36)34(26-7-2-1-3-8-26)21-22-5-4-6-24(19-22)29(35)32-13-14-33-15-17-37-18-16-33/h1-12,19,27-28H,13-18,20-21H2,(H,32,35). The molecule has 2 unspecified atom stereocenters. The molecule has 2 aliphatic rings. The van der Waals surface area contributed by atoms with E-state index in [9.17, 15) is 9.59 Å². The Morgan fingerprint density at radius 1 is 0.973 bits per heavy atom. The van der Waals surface area contributed by atoms with E-state index in [1.54, 1.807) is 0 Å². The number of hydrogen-bond donors (Lipinski definition) is 1. The van der Waals surface area contributed by atoms with Gasteiger partial charge in [-0.2, -0.15) is 0 Å². The minimum absolute atomic E-state index is 0.0620. The van der Waals surface area contributed by atoms with Gasteiger partial charge in [-0.3, -0.25) is 14.5 Å². The second-order valence-electron chi connectivity index (χ2n) is 9.67. The quantitative estimate of drug-likeness (QED) is 0.445. The number of amides is 2. The minimum Gasteiger partial charge on any atom is -0.379 e. The van der Waals surface area contributed by atoms with Crippen LogP contribution in [0.5, 0.6) is 0 Å². The number of carbonyl (C=O) groups is 2. The summed E-state index contributed by atoms with van der Waals surface area (Å²) in [7, 11) is 0. The molecule has 0 radical (unpaired) electrons. The Hall–Kier alpha value is -3.19. The molecule has 3 aromatic carbocycles. The number of rotatable bonds is 9. The number of ether oxygens (including phenoxy) is 1. The van der Waals surface area contributed by atoms with Crippen LogP contribution in [0.3, 0.4) is 0 Å². The number of nitrogens with one attached hydrogen (secondary N) is 1. The predicted octanol–water partition coefficient (Wildman–Crippen LogP) is 4.74. The number of nitrogens with zero attached hydrogens (tertiary/aromatic N) is 2. The molecule has 1 saturated carbocycles. The van der Waals surface area contributed by atoms with Crippen LogP contribution >= 0.6 is 11.6 Å². The first-order chi connectivity index (χ1) is 18.1. The molecular formula is C30H32ClN3O3. The molecule has 3 aromatic rings. The molecule has 192 valence electrons. The molecule has 1 aliphatic heterocycles. The lowest BCUT2D eigenvalue weighted by Gasteiger charge is -2.26. The molecule has 1 N–H and O–H groups in total. The highest BCUT2D eigenvalue weighted by Gasteiger charge is 2.46. The van der Waals surface area contributed by atoms with E-state index in [1.807, 2.05) is 83.8 Å². The van der Waals surface area contributed by atoms with Crippen molar-refractivity contribution < 1.29 is 14.3 Å². The van der Waals surface area contributed by atoms with Crippen LogP contribution in [-0.4, -0.2) is 56.1 Å². The summed E-state index contributed by atoms with van der Waals surface area (Å²) >= 11 is 6.04. The lowest BCUT2D eigenvalue weighted by molar-refractivity contribution is -0.120. The maximum atomic E-state index is 13.7. The molecule has 2 atom stereocenters. The smallest absolute Gasteiger partial charge is 0.251 e. The van der Waals surface area contributed by atoms with E-state index in [2.05, 4.69) is 10.2 Å². The second-order valence-corrected chi connectivity index (χ2v) is 10.1. The average Bonchev–Trinajstić information content (AvgIpc) is 3.74. The molecule has 37 heavy (non-hydrogen) atoms. The number of hydrogen-bond acceptors (Lipinski definition) is 4. The van der Waals surface area contributed by atoms with Gasteiger partial charge in [0.05, 0.1) is 19.8 Å². The van der Waals surface area contributed by atoms with Gasteiger partial charge in [0.2, 0.25) is 5.91 Å². The number of benzene rings is 3. The Morgan fingerprint density at radius 2 is 1.73 bits per heavy atom. The molecular weight excluding hydrogens is 486 g/mol. The van der Waals surface area contributed by atoms with Crippen molar-refractivity contribution in [3.63, 3.8) is 0 Å². The maximum absolute atomic E-state index is 13.7. The molecule has 1 saturated heterocycles. The maximum Gasteiger partial charge on any atom is 0.251 e. The second kappa shape index (κ2) is 11.9. The van der Waals surface area contributed by atoms with Gasteiger partial charge in [0.15, 0.2) is 0 Å². The molecule has 0 bridgehead atoms. The highest BCUT2D eigenvalue weighted by molar-refractivity contribution is 6.30. The Balaban J connectivity index is 1.25. The summed E-state index contributed by atoms with van der Waals surface area (Å²) in [6.07, 6.45) is 0.829. The van der Waals surface area contributed by atoms with Crippen LogP contribution in [0.2, 0.25) is 5.02 Å². The minimum atomic E-state index is -0.0994. The fourth-order valence-corrected chi connectivity index (χ4v) is 5.02. The van der Waals surface area contributed by atoms with Crippen molar-refractivity contribution in [3.8, 4) is 0 Å². The van der Waals surface area contributed by atoms with Crippen LogP contribution in [0.25, 0.3) is 0 Å². The zero-order valence-corrected chi connectivity index (χ0v) is 21.6. The van der Waals surface area contributed by atoms with Crippen LogP contribution in [0.4, 0.5) is 5.69 Å². The van der Waals surface area contributed by atoms with Gasteiger partial charge in [0.1, 0.15) is 0 Å². The third-order valence-corrected chi connectivity index (χ3v) is 7.34. The SMILES string of the molecule is O=C(NCCN1CCOCC1)c1cccc(CN(C(=O)C2CC2c2ccc(Cl)cc2)c2ccccc2)c1. The lowest BCUT2D eigenvalue weighted by Crippen LogP contribution is -2.41. The molecule has 2 fully saturated rings. The van der Waals surface area contributed by atoms with Crippen molar-refractivity contribution in [2.45, 2.75) is 18.9 Å². The van der Waals surface area contributed by atoms with Crippen molar-refractivity contribution >= 4 is 29.1 Å². The summed E-state index contributed by atoms with van der Waals surface area (Å²) in [6, 6.07) is 25.1. The highest BCUT2D eigenvalue weighted by Crippen LogP contribution is 2.49. The molecule has 5 rings (SSSR count). The van der Waals surface area contributed by atoms with E-state index >= 15 is 0 Å². The fourth-order valence-electron chi connectivity index (χ4n) is 4.90. The molecule has 1 aliphatic carbocycles. The van der Waals surface area contributed by atoms with E-state index in [4.69, 9.17) is 16.3 Å². The zero-order valence-electron chi connectivity index (χ0n) is 20.8. The van der Waals surface area contributed by atoms with Gasteiger partial charge in [-0.05, 0) is 59.9 Å². The monoisotopic (exact) mass is 517 g/mol. The number of para-hydroxylation sites is 1. The summed E-state index contributed by atoms with van der Waals surface area (Å²) in [5.74, 6) is 0.150. The summed E-state index contributed by atoms with van der Waals surface area (Å²) < 4.78 is 5.38. The molecule has 2 amide bonds. The first-order valence-corrected chi connectivity index (χ1v) is 13.3. The van der Waals surface area contributed by atoms with Crippen LogP contribution in [0.15, 0.2) is 78.9 Å². The molecule has 0 aromatic heterocycles. The van der Waals surface area contributed by atoms with Gasteiger partial charge in [-0.1, -0.05) is 54.1 Å². The van der Waals surface area contributed by atoms with E-state index in [1.165, 1.54) is 0 Å². The van der Waals surface area contributed by atoms with Crippen LogP contribution in [0.1, 0.15) is 33.8 Å². The summed E-state index contributed by atoms with van der Waals surface area (Å²) in [4.78, 5) is 30.6. The Bertz CT molecular complexity index is 1210. The van der Waals surface area contributed by atoms with Crippen LogP contribution in [0, 0.1) is 5.92 Å². The van der Waals surface area contributed by atoms with Gasteiger partial charge in [-0.15, -0.1) is 0 Å². The van der Waals surface area contributed by atoms with Gasteiger partial charge < -0.3 is 15.0 Å². The van der Waals surface area contributed by atoms with Gasteiger partial charge in [-0.25, -0.2) is 0 Å². The Kier molecular flexibility index (Phi) is 8.19. The van der Waals surface area contributed by atoms with Gasteiger partial charge in [0, 0.05) is 48.4 Å². The Morgan fingerprint density at radius 3 is 2.49 bits per heavy atom. The molecule has 1 heterocycles. The zero-order chi connectivity index (χ0) is 25.6. The Labute approximate surface area is 223 Å². The first kappa shape index (κ1) is 25.5. The normalized spacial score (nSPS) is 19.3. The third-order valence-electron chi connectivity index (χ3n) is 7.09. The number of anilines is 1. The van der Waals surface area contributed by atoms with Crippen LogP contribution < -0.4 is 10.2 Å². The average molecular weight is 518 g/mol. The summed E-state index contributed by atoms with van der Waals surface area (Å²) in [5, 5.41) is 3.72. The summed E-state index contributed by atoms with van der Waals surface area (Å²) in [6.45, 7) is 5.08. The highest BCUT2D eigenvalue weighted by atomic mass is 35.5. The van der Waals surface area contributed by atoms with E-state index in [0.29, 0.717) is 23.7 Å². The predicted molar refractivity (Wildman–Crippen MR) is 146 cm³/mol. The van der Waals surface area contributed by atoms with Gasteiger partial charge >= 0.3 is 0 Å². The van der Waals surface area contributed by atoms with Gasteiger partial charge in [0.25, 0.3) is 5.91 Å². The van der Waals surface area contributed by atoms with Crippen molar-refractivity contribution in [2.24, 2.45) is 5.92 Å². The fraction of sp³-hybridized carbons (Fsp3) is 0.333. The van der Waals surface area contributed by atoms with E-state index in [0.717, 1.165) is 56.1 Å². The number of carbonyl (C=O) groups excluding carboxylic acids is 2. The van der Waals surface area contributed by atoms with E-state index < -0.39 is 0 Å². The van der Waals surface area contributed by atoms with Crippen molar-refractivity contribution in [1.29, 1.82) is 0 Å². The molecule has 7 heteroatoms. The number of morpholine rings is 1. The van der Waals surface area contributed by atoms with Crippen LogP contribution in [-0.2, 0) is 16.1 Å². The van der Waals surface area contributed by atoms with Crippen molar-refractivity contribution in [3.05, 3.63) is 101 Å². The third kappa shape index (κ3) is 6.58. The topological polar surface area (TPSA) is 61.9 Å². The largest absolute Gasteiger partial charge is 0.379 e. The first-order valence-electron chi connectivity index (χ1n) is 12.9. The summed E-state index contributed by atoms with van der Waals surface area (Å²) in [5.41, 5.74) is 3.52. The lowest BCUT2D eigenvalue weighted by atomic mass is 10.1. The molecule has 0 spiro atoms. The number of halogens is 1. The van der Waals surface area contributed by atoms with E-state index in [-0.39, 0.29) is 23.7 Å². The molecule has 6 nitrogen and oxygen atoms in total.